The van der Waals surface area contributed by atoms with Crippen molar-refractivity contribution in [3.05, 3.63) is 59.9 Å². The lowest BCUT2D eigenvalue weighted by molar-refractivity contribution is 0.0502. The van der Waals surface area contributed by atoms with Crippen molar-refractivity contribution in [2.24, 2.45) is 0 Å². The molecule has 2 N–H and O–H groups in total. The minimum absolute atomic E-state index is 0.0275. The van der Waals surface area contributed by atoms with Crippen molar-refractivity contribution >= 4 is 46.0 Å². The number of carbonyl (C=O) groups excluding carboxylic acids is 2. The summed E-state index contributed by atoms with van der Waals surface area (Å²) in [6.07, 6.45) is 3.79. The molecular formula is C25H29N5O3S2. The third-order valence-corrected chi connectivity index (χ3v) is 7.24. The van der Waals surface area contributed by atoms with Gasteiger partial charge < -0.3 is 20.3 Å². The fraction of sp³-hybridized carbons (Fsp3) is 0.360. The second-order valence-electron chi connectivity index (χ2n) is 9.29. The largest absolute Gasteiger partial charge is 0.444 e. The van der Waals surface area contributed by atoms with E-state index in [4.69, 9.17) is 4.74 Å². The number of likely N-dealkylation sites (tertiary alicyclic amines) is 1. The van der Waals surface area contributed by atoms with Gasteiger partial charge in [-0.25, -0.2) is 14.8 Å². The van der Waals surface area contributed by atoms with E-state index in [0.29, 0.717) is 25.1 Å². The second-order valence-corrected chi connectivity index (χ2v) is 11.7. The quantitative estimate of drug-likeness (QED) is 0.452. The minimum Gasteiger partial charge on any atom is -0.444 e. The number of aryl methyl sites for hydroxylation is 1. The molecular weight excluding hydrogens is 482 g/mol. The van der Waals surface area contributed by atoms with Gasteiger partial charge in [-0.2, -0.15) is 0 Å². The normalized spacial score (nSPS) is 15.7. The summed E-state index contributed by atoms with van der Waals surface area (Å²) in [5.74, 6) is 0.715. The molecule has 10 heteroatoms. The molecule has 1 atom stereocenters. The Hall–Kier alpha value is -3.11. The number of hydrogen-bond donors (Lipinski definition) is 2. The van der Waals surface area contributed by atoms with Crippen LogP contribution in [0.15, 0.2) is 57.9 Å². The Morgan fingerprint density at radius 2 is 2.03 bits per heavy atom. The Morgan fingerprint density at radius 3 is 2.77 bits per heavy atom. The van der Waals surface area contributed by atoms with Crippen molar-refractivity contribution in [3.8, 4) is 0 Å². The number of pyridine rings is 1. The van der Waals surface area contributed by atoms with Crippen LogP contribution in [0.5, 0.6) is 0 Å². The van der Waals surface area contributed by atoms with Crippen LogP contribution in [0.25, 0.3) is 0 Å². The van der Waals surface area contributed by atoms with Gasteiger partial charge in [-0.15, -0.1) is 0 Å². The van der Waals surface area contributed by atoms with Crippen molar-refractivity contribution in [3.63, 3.8) is 0 Å². The highest BCUT2D eigenvalue weighted by atomic mass is 32.2. The number of rotatable bonds is 6. The summed E-state index contributed by atoms with van der Waals surface area (Å²) in [5, 5.41) is 6.83. The molecule has 4 rings (SSSR count). The molecule has 0 unspecified atom stereocenters. The number of nitrogens with one attached hydrogen (secondary N) is 2. The fourth-order valence-corrected chi connectivity index (χ4v) is 5.53. The number of hydrogen-bond acceptors (Lipinski definition) is 8. The van der Waals surface area contributed by atoms with Gasteiger partial charge in [0.2, 0.25) is 0 Å². The van der Waals surface area contributed by atoms with Gasteiger partial charge in [-0.05, 0) is 63.9 Å². The number of amides is 2. The molecule has 184 valence electrons. The Balaban J connectivity index is 1.38. The van der Waals surface area contributed by atoms with E-state index >= 15 is 0 Å². The standard InChI is InChI=1S/C25H29N5O3S2/c1-16-8-9-18(34-21-14-27-23(35-21)29-20-7-5-6-11-26-20)13-19(16)22(31)30-12-10-17(15-30)28-24(32)33-25(2,3)4/h5-9,11,13-14,17H,10,12,15H2,1-4H3,(H,28,32)(H,26,27,29)/t17-/m0/s1. The van der Waals surface area contributed by atoms with Crippen LogP contribution in [0.3, 0.4) is 0 Å². The van der Waals surface area contributed by atoms with Crippen molar-refractivity contribution in [1.29, 1.82) is 0 Å². The Labute approximate surface area is 213 Å². The number of ether oxygens (including phenoxy) is 1. The van der Waals surface area contributed by atoms with Crippen LogP contribution in [-0.4, -0.2) is 51.6 Å². The van der Waals surface area contributed by atoms with Crippen LogP contribution in [0.2, 0.25) is 0 Å². The third kappa shape index (κ3) is 6.95. The van der Waals surface area contributed by atoms with Gasteiger partial charge in [0, 0.05) is 29.7 Å². The van der Waals surface area contributed by atoms with Gasteiger partial charge in [-0.1, -0.05) is 35.2 Å². The molecule has 35 heavy (non-hydrogen) atoms. The predicted molar refractivity (Wildman–Crippen MR) is 139 cm³/mol. The van der Waals surface area contributed by atoms with E-state index in [9.17, 15) is 9.59 Å². The molecule has 0 bridgehead atoms. The zero-order valence-corrected chi connectivity index (χ0v) is 21.8. The first-order valence-electron chi connectivity index (χ1n) is 11.4. The number of carbonyl (C=O) groups is 2. The van der Waals surface area contributed by atoms with E-state index in [0.717, 1.165) is 25.6 Å². The molecule has 8 nitrogen and oxygen atoms in total. The first-order chi connectivity index (χ1) is 16.7. The SMILES string of the molecule is Cc1ccc(Sc2cnc(Nc3ccccn3)s2)cc1C(=O)N1CC[C@H](NC(=O)OC(C)(C)C)C1. The molecule has 0 spiro atoms. The number of anilines is 2. The summed E-state index contributed by atoms with van der Waals surface area (Å²) >= 11 is 3.10. The van der Waals surface area contributed by atoms with Gasteiger partial charge in [0.15, 0.2) is 5.13 Å². The number of thiazole rings is 1. The van der Waals surface area contributed by atoms with Gasteiger partial charge in [0.25, 0.3) is 5.91 Å². The lowest BCUT2D eigenvalue weighted by Gasteiger charge is -2.22. The van der Waals surface area contributed by atoms with E-state index in [1.165, 1.54) is 11.3 Å². The lowest BCUT2D eigenvalue weighted by Crippen LogP contribution is -2.41. The maximum Gasteiger partial charge on any atom is 0.407 e. The predicted octanol–water partition coefficient (Wildman–Crippen LogP) is 5.48. The Kier molecular flexibility index (Phi) is 7.61. The summed E-state index contributed by atoms with van der Waals surface area (Å²) in [6.45, 7) is 8.48. The first-order valence-corrected chi connectivity index (χ1v) is 13.0. The summed E-state index contributed by atoms with van der Waals surface area (Å²) in [4.78, 5) is 36.8. The zero-order chi connectivity index (χ0) is 25.0. The minimum atomic E-state index is -0.555. The summed E-state index contributed by atoms with van der Waals surface area (Å²) < 4.78 is 6.35. The summed E-state index contributed by atoms with van der Waals surface area (Å²) in [7, 11) is 0. The van der Waals surface area contributed by atoms with Gasteiger partial charge >= 0.3 is 6.09 Å². The molecule has 1 saturated heterocycles. The summed E-state index contributed by atoms with van der Waals surface area (Å²) in [5.41, 5.74) is 1.04. The molecule has 2 aromatic heterocycles. The highest BCUT2D eigenvalue weighted by Gasteiger charge is 2.30. The number of aromatic nitrogens is 2. The molecule has 1 aromatic carbocycles. The zero-order valence-electron chi connectivity index (χ0n) is 20.2. The molecule has 0 radical (unpaired) electrons. The monoisotopic (exact) mass is 511 g/mol. The third-order valence-electron chi connectivity index (χ3n) is 5.24. The van der Waals surface area contributed by atoms with Gasteiger partial charge in [-0.3, -0.25) is 4.79 Å². The maximum absolute atomic E-state index is 13.3. The lowest BCUT2D eigenvalue weighted by atomic mass is 10.1. The van der Waals surface area contributed by atoms with Gasteiger partial charge in [0.05, 0.1) is 16.4 Å². The number of benzene rings is 1. The van der Waals surface area contributed by atoms with Crippen LogP contribution < -0.4 is 10.6 Å². The average Bonchev–Trinajstić information content (AvgIpc) is 3.43. The van der Waals surface area contributed by atoms with E-state index in [1.807, 2.05) is 70.3 Å². The molecule has 0 saturated carbocycles. The molecule has 1 fully saturated rings. The van der Waals surface area contributed by atoms with Crippen LogP contribution in [-0.2, 0) is 4.74 Å². The second kappa shape index (κ2) is 10.7. The highest BCUT2D eigenvalue weighted by Crippen LogP contribution is 2.35. The van der Waals surface area contributed by atoms with Crippen LogP contribution in [0.1, 0.15) is 43.1 Å². The van der Waals surface area contributed by atoms with E-state index in [-0.39, 0.29) is 11.9 Å². The van der Waals surface area contributed by atoms with E-state index in [1.54, 1.807) is 22.9 Å². The van der Waals surface area contributed by atoms with Gasteiger partial charge in [0.1, 0.15) is 11.4 Å². The first kappa shape index (κ1) is 25.0. The van der Waals surface area contributed by atoms with Crippen LogP contribution in [0.4, 0.5) is 15.7 Å². The van der Waals surface area contributed by atoms with Crippen LogP contribution in [0, 0.1) is 6.92 Å². The number of alkyl carbamates (subject to hydrolysis) is 1. The van der Waals surface area contributed by atoms with Crippen molar-refractivity contribution < 1.29 is 14.3 Å². The van der Waals surface area contributed by atoms with Crippen LogP contribution >= 0.6 is 23.1 Å². The van der Waals surface area contributed by atoms with E-state index in [2.05, 4.69) is 20.6 Å². The number of nitrogens with zero attached hydrogens (tertiary/aromatic N) is 3. The molecule has 1 aliphatic rings. The Bertz CT molecular complexity index is 1190. The molecule has 1 aliphatic heterocycles. The summed E-state index contributed by atoms with van der Waals surface area (Å²) in [6, 6.07) is 11.5. The Morgan fingerprint density at radius 1 is 1.20 bits per heavy atom. The molecule has 3 heterocycles. The molecule has 3 aromatic rings. The highest BCUT2D eigenvalue weighted by molar-refractivity contribution is 8.01. The molecule has 0 aliphatic carbocycles. The van der Waals surface area contributed by atoms with Crippen molar-refractivity contribution in [1.82, 2.24) is 20.2 Å². The van der Waals surface area contributed by atoms with Crippen molar-refractivity contribution in [2.45, 2.75) is 54.9 Å². The fourth-order valence-electron chi connectivity index (χ4n) is 3.63. The average molecular weight is 512 g/mol. The maximum atomic E-state index is 13.3. The smallest absolute Gasteiger partial charge is 0.407 e. The van der Waals surface area contributed by atoms with E-state index < -0.39 is 11.7 Å². The topological polar surface area (TPSA) is 96.5 Å². The van der Waals surface area contributed by atoms with Crippen molar-refractivity contribution in [2.75, 3.05) is 18.4 Å². The molecule has 2 amide bonds.